The predicted octanol–water partition coefficient (Wildman–Crippen LogP) is 0.148. The van der Waals surface area contributed by atoms with Crippen LogP contribution in [-0.4, -0.2) is 20.7 Å². The summed E-state index contributed by atoms with van der Waals surface area (Å²) in [7, 11) is 1.31. The van der Waals surface area contributed by atoms with Crippen molar-refractivity contribution in [3.05, 3.63) is 56.0 Å². The summed E-state index contributed by atoms with van der Waals surface area (Å²) in [5, 5.41) is 11.9. The van der Waals surface area contributed by atoms with Crippen LogP contribution in [0.5, 0.6) is 0 Å². The van der Waals surface area contributed by atoms with Crippen LogP contribution < -0.4 is 21.7 Å². The molecule has 2 N–H and O–H groups in total. The first-order valence-electron chi connectivity index (χ1n) is 7.32. The molecule has 0 spiro atoms. The summed E-state index contributed by atoms with van der Waals surface area (Å²) < 4.78 is 2.73. The molecule has 0 radical (unpaired) electrons. The number of hydrogen-bond donors (Lipinski definition) is 1. The van der Waals surface area contributed by atoms with Gasteiger partial charge < -0.3 is 10.9 Å². The fourth-order valence-corrected chi connectivity index (χ4v) is 3.01. The summed E-state index contributed by atoms with van der Waals surface area (Å²) in [6.45, 7) is 2.17. The van der Waals surface area contributed by atoms with E-state index >= 15 is 0 Å². The molecule has 2 rings (SSSR count). The molecule has 0 aliphatic rings. The van der Waals surface area contributed by atoms with Crippen molar-refractivity contribution in [2.24, 2.45) is 7.05 Å². The van der Waals surface area contributed by atoms with Gasteiger partial charge >= 0.3 is 5.69 Å². The van der Waals surface area contributed by atoms with Crippen LogP contribution in [-0.2, 0) is 13.6 Å². The van der Waals surface area contributed by atoms with Gasteiger partial charge in [0.15, 0.2) is 12.0 Å². The Labute approximate surface area is 142 Å². The number of nitrogens with zero attached hydrogens (tertiary/aromatic N) is 3. The molecule has 0 aromatic carbocycles. The molecular formula is C15H18N4O4S. The van der Waals surface area contributed by atoms with Crippen molar-refractivity contribution in [1.82, 2.24) is 9.13 Å². The lowest BCUT2D eigenvalue weighted by Gasteiger charge is -2.13. The maximum atomic E-state index is 12.5. The molecule has 128 valence electrons. The number of hydrogen-bond acceptors (Lipinski definition) is 6. The molecule has 8 nitrogen and oxygen atoms in total. The van der Waals surface area contributed by atoms with Gasteiger partial charge in [-0.3, -0.25) is 18.7 Å². The summed E-state index contributed by atoms with van der Waals surface area (Å²) in [5.41, 5.74) is 4.40. The van der Waals surface area contributed by atoms with E-state index in [0.29, 0.717) is 22.7 Å². The SMILES string of the molecule is CCCn1c(N)c(C(=O)CSc2cccc[n+]2[O-])c(=O)n(C)c1=O. The molecule has 0 bridgehead atoms. The van der Waals surface area contributed by atoms with Gasteiger partial charge in [-0.05, 0) is 24.2 Å². The minimum Gasteiger partial charge on any atom is -0.618 e. The zero-order chi connectivity index (χ0) is 17.9. The van der Waals surface area contributed by atoms with Crippen LogP contribution in [0.15, 0.2) is 39.0 Å². The van der Waals surface area contributed by atoms with Gasteiger partial charge in [0.1, 0.15) is 11.4 Å². The Morgan fingerprint density at radius 3 is 2.71 bits per heavy atom. The Hall–Kier alpha value is -2.55. The second kappa shape index (κ2) is 7.35. The second-order valence-corrected chi connectivity index (χ2v) is 6.13. The number of Topliss-reactive ketones (excluding diaryl/α,β-unsaturated/α-hetero) is 1. The highest BCUT2D eigenvalue weighted by atomic mass is 32.2. The fraction of sp³-hybridized carbons (Fsp3) is 0.333. The van der Waals surface area contributed by atoms with E-state index in [1.54, 1.807) is 18.2 Å². The monoisotopic (exact) mass is 350 g/mol. The van der Waals surface area contributed by atoms with Crippen LogP contribution in [0, 0.1) is 5.21 Å². The van der Waals surface area contributed by atoms with Crippen molar-refractivity contribution >= 4 is 23.4 Å². The third-order valence-electron chi connectivity index (χ3n) is 3.45. The average Bonchev–Trinajstić information content (AvgIpc) is 2.56. The van der Waals surface area contributed by atoms with E-state index in [1.165, 1.54) is 17.8 Å². The van der Waals surface area contributed by atoms with Crippen molar-refractivity contribution < 1.29 is 9.52 Å². The van der Waals surface area contributed by atoms with Gasteiger partial charge in [-0.25, -0.2) is 4.79 Å². The van der Waals surface area contributed by atoms with E-state index in [2.05, 4.69) is 0 Å². The first-order valence-corrected chi connectivity index (χ1v) is 8.30. The number of carbonyl (C=O) groups excluding carboxylic acids is 1. The van der Waals surface area contributed by atoms with Crippen molar-refractivity contribution in [1.29, 1.82) is 0 Å². The Bertz CT molecular complexity index is 888. The summed E-state index contributed by atoms with van der Waals surface area (Å²) in [5.74, 6) is -0.777. The normalized spacial score (nSPS) is 10.8. The highest BCUT2D eigenvalue weighted by molar-refractivity contribution is 7.99. The number of anilines is 1. The molecule has 0 unspecified atom stereocenters. The van der Waals surface area contributed by atoms with Gasteiger partial charge in [-0.2, -0.15) is 4.73 Å². The third-order valence-corrected chi connectivity index (χ3v) is 4.47. The second-order valence-electron chi connectivity index (χ2n) is 5.14. The number of ketones is 1. The van der Waals surface area contributed by atoms with Crippen LogP contribution in [0.1, 0.15) is 23.7 Å². The minimum absolute atomic E-state index is 0.126. The van der Waals surface area contributed by atoms with Crippen molar-refractivity contribution in [2.75, 3.05) is 11.5 Å². The Morgan fingerprint density at radius 1 is 1.38 bits per heavy atom. The molecule has 9 heteroatoms. The van der Waals surface area contributed by atoms with Crippen LogP contribution >= 0.6 is 11.8 Å². The largest absolute Gasteiger partial charge is 0.618 e. The van der Waals surface area contributed by atoms with Gasteiger partial charge in [0.2, 0.25) is 0 Å². The standard InChI is InChI=1S/C15H18N4O4S/c1-3-7-18-13(16)12(14(21)17(2)15(18)22)10(20)9-24-11-6-4-5-8-19(11)23/h4-6,8H,3,7,9,16H2,1-2H3. The highest BCUT2D eigenvalue weighted by Gasteiger charge is 2.22. The zero-order valence-electron chi connectivity index (χ0n) is 13.4. The number of aromatic nitrogens is 3. The maximum absolute atomic E-state index is 12.5. The van der Waals surface area contributed by atoms with Crippen LogP contribution in [0.25, 0.3) is 0 Å². The number of carbonyl (C=O) groups is 1. The van der Waals surface area contributed by atoms with E-state index in [4.69, 9.17) is 5.73 Å². The molecule has 0 atom stereocenters. The van der Waals surface area contributed by atoms with Gasteiger partial charge in [0, 0.05) is 25.7 Å². The van der Waals surface area contributed by atoms with Gasteiger partial charge in [0.25, 0.3) is 10.6 Å². The summed E-state index contributed by atoms with van der Waals surface area (Å²) >= 11 is 1.01. The smallest absolute Gasteiger partial charge is 0.332 e. The van der Waals surface area contributed by atoms with Crippen molar-refractivity contribution in [3.8, 4) is 0 Å². The van der Waals surface area contributed by atoms with Crippen molar-refractivity contribution in [3.63, 3.8) is 0 Å². The number of pyridine rings is 1. The molecule has 0 fully saturated rings. The van der Waals surface area contributed by atoms with Gasteiger partial charge in [0.05, 0.1) is 5.75 Å². The third kappa shape index (κ3) is 3.35. The first kappa shape index (κ1) is 17.8. The molecule has 2 heterocycles. The number of thioether (sulfide) groups is 1. The van der Waals surface area contributed by atoms with Gasteiger partial charge in [-0.1, -0.05) is 6.92 Å². The lowest BCUT2D eigenvalue weighted by atomic mass is 10.2. The number of nitrogens with two attached hydrogens (primary N) is 1. The van der Waals surface area contributed by atoms with E-state index < -0.39 is 17.0 Å². The summed E-state index contributed by atoms with van der Waals surface area (Å²) in [4.78, 5) is 36.8. The highest BCUT2D eigenvalue weighted by Crippen LogP contribution is 2.16. The summed E-state index contributed by atoms with van der Waals surface area (Å²) in [6.07, 6.45) is 1.95. The predicted molar refractivity (Wildman–Crippen MR) is 91.1 cm³/mol. The topological polar surface area (TPSA) is 114 Å². The first-order chi connectivity index (χ1) is 11.4. The van der Waals surface area contributed by atoms with Crippen LogP contribution in [0.3, 0.4) is 0 Å². The average molecular weight is 350 g/mol. The number of rotatable bonds is 6. The van der Waals surface area contributed by atoms with E-state index in [1.807, 2.05) is 6.92 Å². The summed E-state index contributed by atoms with van der Waals surface area (Å²) in [6, 6.07) is 4.83. The molecule has 2 aromatic rings. The molecule has 24 heavy (non-hydrogen) atoms. The van der Waals surface area contributed by atoms with E-state index in [0.717, 1.165) is 16.3 Å². The Kier molecular flexibility index (Phi) is 5.45. The molecule has 0 aliphatic heterocycles. The van der Waals surface area contributed by atoms with E-state index in [-0.39, 0.29) is 17.1 Å². The lowest BCUT2D eigenvalue weighted by molar-refractivity contribution is -0.645. The van der Waals surface area contributed by atoms with Crippen LogP contribution in [0.4, 0.5) is 5.82 Å². The van der Waals surface area contributed by atoms with Crippen molar-refractivity contribution in [2.45, 2.75) is 24.9 Å². The van der Waals surface area contributed by atoms with Crippen LogP contribution in [0.2, 0.25) is 0 Å². The van der Waals surface area contributed by atoms with E-state index in [9.17, 15) is 19.6 Å². The molecule has 0 saturated carbocycles. The maximum Gasteiger partial charge on any atom is 0.332 e. The Morgan fingerprint density at radius 2 is 2.08 bits per heavy atom. The molecule has 2 aromatic heterocycles. The zero-order valence-corrected chi connectivity index (χ0v) is 14.2. The van der Waals surface area contributed by atoms with Gasteiger partial charge in [-0.15, -0.1) is 0 Å². The number of nitrogen functional groups attached to an aromatic ring is 1. The molecule has 0 amide bonds. The molecule has 0 saturated heterocycles. The fourth-order valence-electron chi connectivity index (χ4n) is 2.22. The minimum atomic E-state index is -0.724. The quantitative estimate of drug-likeness (QED) is 0.343. The molecular weight excluding hydrogens is 332 g/mol. The molecule has 0 aliphatic carbocycles. The lowest BCUT2D eigenvalue weighted by Crippen LogP contribution is -2.43. The Balaban J connectivity index is 2.37.